The molecule has 1 aromatic carbocycles. The van der Waals surface area contributed by atoms with Gasteiger partial charge in [0, 0.05) is 25.0 Å². The second-order valence-electron chi connectivity index (χ2n) is 11.2. The Labute approximate surface area is 323 Å². The molecule has 0 atom stereocenters. The van der Waals surface area contributed by atoms with Crippen molar-refractivity contribution in [2.75, 3.05) is 159 Å². The molecule has 19 heteroatoms. The zero-order chi connectivity index (χ0) is 39.7. The number of rotatable bonds is 43. The van der Waals surface area contributed by atoms with E-state index in [0.717, 1.165) is 0 Å². The number of nitro benzene ring substituents is 1. The molecule has 0 spiro atoms. The maximum absolute atomic E-state index is 11.5. The summed E-state index contributed by atoms with van der Waals surface area (Å²) < 4.78 is 70.3. The van der Waals surface area contributed by atoms with Crippen molar-refractivity contribution in [2.45, 2.75) is 25.7 Å². The van der Waals surface area contributed by atoms with Gasteiger partial charge >= 0.3 is 11.9 Å². The summed E-state index contributed by atoms with van der Waals surface area (Å²) in [7, 11) is 0. The van der Waals surface area contributed by atoms with E-state index in [2.05, 4.69) is 0 Å². The lowest BCUT2D eigenvalue weighted by Gasteiger charge is -2.09. The van der Waals surface area contributed by atoms with Gasteiger partial charge in [0.05, 0.1) is 150 Å². The fourth-order valence-corrected chi connectivity index (χ4v) is 4.02. The van der Waals surface area contributed by atoms with E-state index >= 15 is 0 Å². The number of nitrogens with zero attached hydrogens (tertiary/aromatic N) is 1. The molecule has 0 unspecified atom stereocenters. The van der Waals surface area contributed by atoms with Gasteiger partial charge in [-0.1, -0.05) is 0 Å². The fraction of sp³-hybridized carbons (Fsp3) is 0.778. The Morgan fingerprint density at radius 2 is 0.745 bits per heavy atom. The van der Waals surface area contributed by atoms with Crippen LogP contribution in [0.1, 0.15) is 25.7 Å². The van der Waals surface area contributed by atoms with Gasteiger partial charge in [-0.3, -0.25) is 19.7 Å². The van der Waals surface area contributed by atoms with Crippen LogP contribution in [0.4, 0.5) is 5.69 Å². The minimum absolute atomic E-state index is 0.0184. The van der Waals surface area contributed by atoms with Gasteiger partial charge in [-0.2, -0.15) is 0 Å². The van der Waals surface area contributed by atoms with Crippen LogP contribution in [0.3, 0.4) is 0 Å². The maximum Gasteiger partial charge on any atom is 0.305 e. The molecule has 1 rings (SSSR count). The van der Waals surface area contributed by atoms with Gasteiger partial charge in [0.25, 0.3) is 5.69 Å². The molecule has 1 N–H and O–H groups in total. The van der Waals surface area contributed by atoms with Crippen molar-refractivity contribution in [1.82, 2.24) is 0 Å². The number of carboxylic acid groups (broad SMARTS) is 1. The number of esters is 1. The van der Waals surface area contributed by atoms with Crippen LogP contribution >= 0.6 is 0 Å². The number of carboxylic acids is 1. The topological polar surface area (TPSA) is 217 Å². The molecule has 1 aromatic rings. The van der Waals surface area contributed by atoms with Crippen LogP contribution in [0.15, 0.2) is 24.3 Å². The average molecular weight is 796 g/mol. The molecule has 55 heavy (non-hydrogen) atoms. The van der Waals surface area contributed by atoms with Crippen LogP contribution < -0.4 is 4.74 Å². The Kier molecular flexibility index (Phi) is 35.6. The van der Waals surface area contributed by atoms with E-state index < -0.39 is 10.9 Å². The number of ether oxygens (including phenoxy) is 13. The van der Waals surface area contributed by atoms with Crippen LogP contribution in [0.2, 0.25) is 0 Å². The Morgan fingerprint density at radius 1 is 0.455 bits per heavy atom. The van der Waals surface area contributed by atoms with Gasteiger partial charge in [-0.05, 0) is 25.0 Å². The van der Waals surface area contributed by atoms with Gasteiger partial charge < -0.3 is 66.7 Å². The molecule has 0 aromatic heterocycles. The molecule has 0 bridgehead atoms. The van der Waals surface area contributed by atoms with Crippen molar-refractivity contribution in [1.29, 1.82) is 0 Å². The third kappa shape index (κ3) is 36.3. The highest BCUT2D eigenvalue weighted by Gasteiger charge is 2.05. The van der Waals surface area contributed by atoms with Crippen molar-refractivity contribution >= 4 is 17.6 Å². The zero-order valence-corrected chi connectivity index (χ0v) is 31.9. The average Bonchev–Trinajstić information content (AvgIpc) is 3.17. The Morgan fingerprint density at radius 3 is 1.05 bits per heavy atom. The number of aliphatic carboxylic acids is 1. The number of non-ortho nitro benzene ring substituents is 1. The first-order chi connectivity index (χ1) is 27.0. The van der Waals surface area contributed by atoms with Gasteiger partial charge in [-0.15, -0.1) is 0 Å². The summed E-state index contributed by atoms with van der Waals surface area (Å²) in [5.74, 6) is -0.675. The van der Waals surface area contributed by atoms with Gasteiger partial charge in [0.1, 0.15) is 19.0 Å². The van der Waals surface area contributed by atoms with Crippen molar-refractivity contribution in [2.24, 2.45) is 0 Å². The molecule has 0 aliphatic carbocycles. The molecule has 0 saturated heterocycles. The standard InChI is InChI=1S/C36H61NO18/c38-35(39)3-1-2-4-36(40)55-32-30-53-28-26-51-24-22-49-20-18-47-16-14-45-12-10-43-9-11-44-13-15-46-17-19-48-21-23-50-25-27-52-29-31-54-34-7-5-33(6-8-34)37(41)42/h5-8H,1-4,9-32H2,(H,38,39). The Bertz CT molecular complexity index is 1030. The number of carbonyl (C=O) groups is 2. The summed E-state index contributed by atoms with van der Waals surface area (Å²) in [6.45, 7) is 10.1. The zero-order valence-electron chi connectivity index (χ0n) is 31.9. The van der Waals surface area contributed by atoms with E-state index in [1.807, 2.05) is 0 Å². The molecule has 19 nitrogen and oxygen atoms in total. The summed E-state index contributed by atoms with van der Waals surface area (Å²) in [5.41, 5.74) is 0.0184. The predicted molar refractivity (Wildman–Crippen MR) is 195 cm³/mol. The van der Waals surface area contributed by atoms with E-state index in [1.165, 1.54) is 12.1 Å². The van der Waals surface area contributed by atoms with E-state index in [4.69, 9.17) is 66.7 Å². The second-order valence-corrected chi connectivity index (χ2v) is 11.2. The highest BCUT2D eigenvalue weighted by atomic mass is 16.6. The molecule has 0 amide bonds. The van der Waals surface area contributed by atoms with Crippen molar-refractivity contribution < 1.29 is 81.2 Å². The lowest BCUT2D eigenvalue weighted by atomic mass is 10.2. The predicted octanol–water partition coefficient (Wildman–Crippen LogP) is 2.34. The molecular formula is C36H61NO18. The SMILES string of the molecule is O=C(O)CCCCC(=O)OCCOCCOCCOCCOCCOCCOCCOCCOCCOCCOCCOCCOc1ccc([N+](=O)[O-])cc1. The first kappa shape index (κ1) is 49.9. The third-order valence-electron chi connectivity index (χ3n) is 6.78. The summed E-state index contributed by atoms with van der Waals surface area (Å²) >= 11 is 0. The van der Waals surface area contributed by atoms with E-state index in [9.17, 15) is 19.7 Å². The smallest absolute Gasteiger partial charge is 0.305 e. The lowest BCUT2D eigenvalue weighted by molar-refractivity contribution is -0.384. The molecule has 318 valence electrons. The quantitative estimate of drug-likeness (QED) is 0.0434. The lowest BCUT2D eigenvalue weighted by Crippen LogP contribution is -2.16. The second kappa shape index (κ2) is 39.2. The first-order valence-corrected chi connectivity index (χ1v) is 18.6. The number of hydrogen-bond donors (Lipinski definition) is 1. The summed E-state index contributed by atoms with van der Waals surface area (Å²) in [4.78, 5) is 32.1. The molecule has 0 fully saturated rings. The first-order valence-electron chi connectivity index (χ1n) is 18.6. The van der Waals surface area contributed by atoms with Crippen molar-refractivity contribution in [3.05, 3.63) is 34.4 Å². The number of nitro groups is 1. The number of benzene rings is 1. The van der Waals surface area contributed by atoms with Gasteiger partial charge in [0.2, 0.25) is 0 Å². The Hall–Kier alpha value is -3.08. The molecular weight excluding hydrogens is 734 g/mol. The summed E-state index contributed by atoms with van der Waals surface area (Å²) in [5, 5.41) is 19.2. The van der Waals surface area contributed by atoms with Crippen LogP contribution in [-0.4, -0.2) is 181 Å². The summed E-state index contributed by atoms with van der Waals surface area (Å²) in [6, 6.07) is 5.88. The van der Waals surface area contributed by atoms with E-state index in [-0.39, 0.29) is 37.7 Å². The molecule has 0 radical (unpaired) electrons. The normalized spacial score (nSPS) is 11.2. The van der Waals surface area contributed by atoms with E-state index in [0.29, 0.717) is 164 Å². The van der Waals surface area contributed by atoms with Gasteiger partial charge in [-0.25, -0.2) is 0 Å². The fourth-order valence-electron chi connectivity index (χ4n) is 4.02. The minimum Gasteiger partial charge on any atom is -0.491 e. The third-order valence-corrected chi connectivity index (χ3v) is 6.78. The number of carbonyl (C=O) groups excluding carboxylic acids is 1. The van der Waals surface area contributed by atoms with Crippen LogP contribution in [0.25, 0.3) is 0 Å². The van der Waals surface area contributed by atoms with Crippen LogP contribution in [-0.2, 0) is 66.4 Å². The van der Waals surface area contributed by atoms with E-state index in [1.54, 1.807) is 12.1 Å². The van der Waals surface area contributed by atoms with Crippen molar-refractivity contribution in [3.63, 3.8) is 0 Å². The molecule has 0 heterocycles. The maximum atomic E-state index is 11.5. The largest absolute Gasteiger partial charge is 0.491 e. The number of unbranched alkanes of at least 4 members (excludes halogenated alkanes) is 1. The Balaban J connectivity index is 1.65. The minimum atomic E-state index is -0.869. The highest BCUT2D eigenvalue weighted by Crippen LogP contribution is 2.17. The molecule has 0 saturated carbocycles. The van der Waals surface area contributed by atoms with Crippen molar-refractivity contribution in [3.8, 4) is 5.75 Å². The van der Waals surface area contributed by atoms with Crippen LogP contribution in [0, 0.1) is 10.1 Å². The molecule has 0 aliphatic heterocycles. The molecule has 0 aliphatic rings. The van der Waals surface area contributed by atoms with Crippen LogP contribution in [0.5, 0.6) is 5.75 Å². The highest BCUT2D eigenvalue weighted by molar-refractivity contribution is 5.69. The monoisotopic (exact) mass is 795 g/mol. The number of hydrogen-bond acceptors (Lipinski definition) is 17. The summed E-state index contributed by atoms with van der Waals surface area (Å²) in [6.07, 6.45) is 1.21. The van der Waals surface area contributed by atoms with Gasteiger partial charge in [0.15, 0.2) is 0 Å².